The predicted molar refractivity (Wildman–Crippen MR) is 84.7 cm³/mol. The van der Waals surface area contributed by atoms with Crippen molar-refractivity contribution in [2.45, 2.75) is 39.9 Å². The van der Waals surface area contributed by atoms with Crippen LogP contribution in [-0.2, 0) is 23.9 Å². The molecule has 0 aliphatic heterocycles. The number of amides is 1. The van der Waals surface area contributed by atoms with Crippen LogP contribution in [0.5, 0.6) is 0 Å². The molecule has 24 heavy (non-hydrogen) atoms. The number of aryl methyl sites for hydroxylation is 2. The molecule has 1 amide bonds. The number of alkyl halides is 3. The van der Waals surface area contributed by atoms with Gasteiger partial charge in [0, 0.05) is 18.5 Å². The maximum Gasteiger partial charge on any atom is 0.433 e. The van der Waals surface area contributed by atoms with Crippen LogP contribution in [0.4, 0.5) is 13.2 Å². The summed E-state index contributed by atoms with van der Waals surface area (Å²) in [6, 6.07) is 1.02. The van der Waals surface area contributed by atoms with Crippen LogP contribution in [0.2, 0.25) is 0 Å². The molecule has 9 heteroatoms. The summed E-state index contributed by atoms with van der Waals surface area (Å²) in [5.74, 6) is -0.383. The highest BCUT2D eigenvalue weighted by Gasteiger charge is 2.35. The van der Waals surface area contributed by atoms with Gasteiger partial charge in [0.1, 0.15) is 5.69 Å². The molecule has 0 aromatic carbocycles. The van der Waals surface area contributed by atoms with E-state index < -0.39 is 11.9 Å². The molecule has 1 unspecified atom stereocenters. The van der Waals surface area contributed by atoms with Gasteiger partial charge in [0.05, 0.1) is 22.8 Å². The number of aromatic nitrogens is 3. The van der Waals surface area contributed by atoms with E-state index in [0.717, 1.165) is 15.8 Å². The van der Waals surface area contributed by atoms with Crippen LogP contribution in [0, 0.1) is 19.8 Å². The Hall–Kier alpha value is -1.90. The second kappa shape index (κ2) is 7.33. The van der Waals surface area contributed by atoms with Crippen molar-refractivity contribution in [3.8, 4) is 0 Å². The van der Waals surface area contributed by atoms with Crippen LogP contribution in [0.1, 0.15) is 29.0 Å². The van der Waals surface area contributed by atoms with E-state index in [1.165, 1.54) is 18.3 Å². The van der Waals surface area contributed by atoms with Gasteiger partial charge in [-0.3, -0.25) is 9.48 Å². The zero-order valence-corrected chi connectivity index (χ0v) is 14.5. The monoisotopic (exact) mass is 360 g/mol. The van der Waals surface area contributed by atoms with Crippen molar-refractivity contribution in [1.82, 2.24) is 20.1 Å². The number of nitrogens with zero attached hydrogens (tertiary/aromatic N) is 3. The van der Waals surface area contributed by atoms with Crippen LogP contribution < -0.4 is 5.32 Å². The average Bonchev–Trinajstić information content (AvgIpc) is 3.02. The number of carbonyl (C=O) groups excluding carboxylic acids is 1. The van der Waals surface area contributed by atoms with Crippen LogP contribution in [0.25, 0.3) is 0 Å². The van der Waals surface area contributed by atoms with E-state index in [9.17, 15) is 18.0 Å². The Kier molecular flexibility index (Phi) is 5.63. The molecule has 0 bridgehead atoms. The van der Waals surface area contributed by atoms with E-state index in [1.54, 1.807) is 6.92 Å². The molecule has 1 atom stereocenters. The highest BCUT2D eigenvalue weighted by atomic mass is 32.1. The van der Waals surface area contributed by atoms with Crippen molar-refractivity contribution in [2.75, 3.05) is 6.54 Å². The molecule has 0 fully saturated rings. The molecule has 0 aliphatic carbocycles. The Morgan fingerprint density at radius 2 is 2.12 bits per heavy atom. The number of rotatable bonds is 6. The largest absolute Gasteiger partial charge is 0.433 e. The van der Waals surface area contributed by atoms with Gasteiger partial charge in [0.2, 0.25) is 5.91 Å². The van der Waals surface area contributed by atoms with Crippen LogP contribution in [-0.4, -0.2) is 27.2 Å². The molecule has 0 saturated heterocycles. The van der Waals surface area contributed by atoms with Crippen molar-refractivity contribution in [3.05, 3.63) is 33.5 Å². The normalized spacial score (nSPS) is 13.1. The number of halogens is 3. The van der Waals surface area contributed by atoms with E-state index >= 15 is 0 Å². The van der Waals surface area contributed by atoms with Gasteiger partial charge in [0.15, 0.2) is 0 Å². The van der Waals surface area contributed by atoms with Gasteiger partial charge in [-0.15, -0.1) is 11.3 Å². The number of nitrogens with one attached hydrogen (secondary N) is 1. The molecule has 0 saturated carbocycles. The molecule has 2 aromatic rings. The number of hydrogen-bond donors (Lipinski definition) is 1. The lowest BCUT2D eigenvalue weighted by Crippen LogP contribution is -2.32. The minimum atomic E-state index is -4.44. The lowest BCUT2D eigenvalue weighted by molar-refractivity contribution is -0.144. The van der Waals surface area contributed by atoms with Crippen LogP contribution in [0.3, 0.4) is 0 Å². The predicted octanol–water partition coefficient (Wildman–Crippen LogP) is 2.97. The fraction of sp³-hybridized carbons (Fsp3) is 0.533. The van der Waals surface area contributed by atoms with E-state index in [-0.39, 0.29) is 31.3 Å². The zero-order valence-electron chi connectivity index (χ0n) is 13.6. The summed E-state index contributed by atoms with van der Waals surface area (Å²) in [6.07, 6.45) is -4.27. The summed E-state index contributed by atoms with van der Waals surface area (Å²) < 4.78 is 39.8. The van der Waals surface area contributed by atoms with E-state index in [1.807, 2.05) is 12.3 Å². The number of hydrogen-bond acceptors (Lipinski definition) is 4. The van der Waals surface area contributed by atoms with Gasteiger partial charge < -0.3 is 5.32 Å². The van der Waals surface area contributed by atoms with Gasteiger partial charge >= 0.3 is 6.18 Å². The molecular formula is C15H19F3N4OS. The zero-order chi connectivity index (χ0) is 17.9. The first-order chi connectivity index (χ1) is 11.1. The SMILES string of the molecule is Cc1cc(C(F)(F)F)n(CC(C)CNC(=O)Cc2csc(C)n2)n1. The summed E-state index contributed by atoms with van der Waals surface area (Å²) in [5.41, 5.74) is 0.248. The molecule has 2 rings (SSSR count). The Labute approximate surface area is 141 Å². The van der Waals surface area contributed by atoms with Crippen LogP contribution >= 0.6 is 11.3 Å². The first-order valence-corrected chi connectivity index (χ1v) is 8.32. The fourth-order valence-electron chi connectivity index (χ4n) is 2.28. The maximum atomic E-state index is 12.9. The summed E-state index contributed by atoms with van der Waals surface area (Å²) in [4.78, 5) is 16.1. The minimum Gasteiger partial charge on any atom is -0.355 e. The topological polar surface area (TPSA) is 59.8 Å². The average molecular weight is 360 g/mol. The Balaban J connectivity index is 1.87. The third-order valence-corrected chi connectivity index (χ3v) is 4.16. The van der Waals surface area contributed by atoms with Crippen molar-refractivity contribution in [3.63, 3.8) is 0 Å². The maximum absolute atomic E-state index is 12.9. The molecule has 0 spiro atoms. The van der Waals surface area contributed by atoms with Crippen molar-refractivity contribution < 1.29 is 18.0 Å². The fourth-order valence-corrected chi connectivity index (χ4v) is 2.89. The van der Waals surface area contributed by atoms with Gasteiger partial charge in [-0.1, -0.05) is 6.92 Å². The Bertz CT molecular complexity index is 708. The molecule has 0 radical (unpaired) electrons. The molecule has 2 heterocycles. The minimum absolute atomic E-state index is 0.0821. The van der Waals surface area contributed by atoms with Gasteiger partial charge in [-0.05, 0) is 25.8 Å². The molecular weight excluding hydrogens is 341 g/mol. The first-order valence-electron chi connectivity index (χ1n) is 7.44. The van der Waals surface area contributed by atoms with Crippen molar-refractivity contribution in [2.24, 2.45) is 5.92 Å². The Morgan fingerprint density at radius 1 is 1.42 bits per heavy atom. The molecule has 0 aliphatic rings. The van der Waals surface area contributed by atoms with E-state index in [2.05, 4.69) is 15.4 Å². The molecule has 2 aromatic heterocycles. The number of thiazole rings is 1. The third-order valence-electron chi connectivity index (χ3n) is 3.33. The van der Waals surface area contributed by atoms with Gasteiger partial charge in [-0.25, -0.2) is 4.98 Å². The summed E-state index contributed by atoms with van der Waals surface area (Å²) in [7, 11) is 0. The van der Waals surface area contributed by atoms with Gasteiger partial charge in [0.25, 0.3) is 0 Å². The molecule has 5 nitrogen and oxygen atoms in total. The smallest absolute Gasteiger partial charge is 0.355 e. The van der Waals surface area contributed by atoms with E-state index in [0.29, 0.717) is 11.4 Å². The molecule has 1 N–H and O–H groups in total. The molecule has 132 valence electrons. The second-order valence-electron chi connectivity index (χ2n) is 5.79. The highest BCUT2D eigenvalue weighted by Crippen LogP contribution is 2.30. The lowest BCUT2D eigenvalue weighted by atomic mass is 10.1. The first kappa shape index (κ1) is 18.4. The highest BCUT2D eigenvalue weighted by molar-refractivity contribution is 7.09. The van der Waals surface area contributed by atoms with E-state index in [4.69, 9.17) is 0 Å². The second-order valence-corrected chi connectivity index (χ2v) is 6.86. The van der Waals surface area contributed by atoms with Crippen molar-refractivity contribution in [1.29, 1.82) is 0 Å². The lowest BCUT2D eigenvalue weighted by Gasteiger charge is -2.15. The standard InChI is InChI=1S/C15H19F3N4OS/c1-9(6-19-14(23)5-12-8-24-11(3)20-12)7-22-13(15(16,17)18)4-10(2)21-22/h4,8-9H,5-7H2,1-3H3,(H,19,23). The summed E-state index contributed by atoms with van der Waals surface area (Å²) >= 11 is 1.47. The number of carbonyl (C=O) groups is 1. The Morgan fingerprint density at radius 3 is 2.71 bits per heavy atom. The summed E-state index contributed by atoms with van der Waals surface area (Å²) in [5, 5.41) is 9.33. The van der Waals surface area contributed by atoms with Crippen molar-refractivity contribution >= 4 is 17.2 Å². The summed E-state index contributed by atoms with van der Waals surface area (Å²) in [6.45, 7) is 5.51. The quantitative estimate of drug-likeness (QED) is 0.862. The third kappa shape index (κ3) is 5.05. The van der Waals surface area contributed by atoms with Gasteiger partial charge in [-0.2, -0.15) is 18.3 Å². The van der Waals surface area contributed by atoms with Crippen LogP contribution in [0.15, 0.2) is 11.4 Å².